The third-order valence-corrected chi connectivity index (χ3v) is 3.79. The standard InChI is InChI=1S/C18H31BO3/c1-16(2,3)12-10-13(17(4,5)6)15(22-19(20)21)14(11-12)18(7,8)9/h10-11,20-21H,1-9H3. The summed E-state index contributed by atoms with van der Waals surface area (Å²) in [5.74, 6) is 0.586. The summed E-state index contributed by atoms with van der Waals surface area (Å²) in [7, 11) is -1.82. The van der Waals surface area contributed by atoms with Gasteiger partial charge in [-0.25, -0.2) is 0 Å². The Morgan fingerprint density at radius 1 is 0.727 bits per heavy atom. The van der Waals surface area contributed by atoms with E-state index >= 15 is 0 Å². The van der Waals surface area contributed by atoms with Gasteiger partial charge in [-0.05, 0) is 32.9 Å². The van der Waals surface area contributed by atoms with Gasteiger partial charge in [-0.15, -0.1) is 0 Å². The Labute approximate surface area is 135 Å². The first-order valence-electron chi connectivity index (χ1n) is 7.86. The minimum absolute atomic E-state index is 0.0103. The van der Waals surface area contributed by atoms with Crippen LogP contribution in [-0.2, 0) is 16.2 Å². The van der Waals surface area contributed by atoms with Crippen LogP contribution in [0.3, 0.4) is 0 Å². The predicted molar refractivity (Wildman–Crippen MR) is 93.4 cm³/mol. The van der Waals surface area contributed by atoms with Crippen LogP contribution in [0.15, 0.2) is 12.1 Å². The van der Waals surface area contributed by atoms with Crippen LogP contribution < -0.4 is 4.65 Å². The first-order valence-corrected chi connectivity index (χ1v) is 7.86. The van der Waals surface area contributed by atoms with Crippen molar-refractivity contribution in [3.63, 3.8) is 0 Å². The highest BCUT2D eigenvalue weighted by molar-refractivity contribution is 6.33. The molecule has 0 aliphatic heterocycles. The van der Waals surface area contributed by atoms with E-state index in [1.165, 1.54) is 5.56 Å². The summed E-state index contributed by atoms with van der Waals surface area (Å²) in [4.78, 5) is 0. The summed E-state index contributed by atoms with van der Waals surface area (Å²) in [6.45, 7) is 19.2. The van der Waals surface area contributed by atoms with Crippen molar-refractivity contribution in [1.82, 2.24) is 0 Å². The van der Waals surface area contributed by atoms with Gasteiger partial charge in [0.1, 0.15) is 5.75 Å². The molecule has 0 unspecified atom stereocenters. The van der Waals surface area contributed by atoms with Crippen LogP contribution in [0.1, 0.15) is 79.0 Å². The summed E-state index contributed by atoms with van der Waals surface area (Å²) < 4.78 is 5.41. The highest BCUT2D eigenvalue weighted by Gasteiger charge is 2.31. The van der Waals surface area contributed by atoms with Gasteiger partial charge in [-0.1, -0.05) is 74.4 Å². The van der Waals surface area contributed by atoms with Gasteiger partial charge in [-0.2, -0.15) is 0 Å². The fraction of sp³-hybridized carbons (Fsp3) is 0.667. The van der Waals surface area contributed by atoms with E-state index in [1.807, 2.05) is 0 Å². The summed E-state index contributed by atoms with van der Waals surface area (Å²) in [6, 6.07) is 4.26. The molecule has 0 heterocycles. The van der Waals surface area contributed by atoms with Crippen LogP contribution in [-0.4, -0.2) is 17.4 Å². The van der Waals surface area contributed by atoms with Crippen LogP contribution in [0.5, 0.6) is 5.75 Å². The van der Waals surface area contributed by atoms with Crippen molar-refractivity contribution < 1.29 is 14.7 Å². The Balaban J connectivity index is 3.78. The average molecular weight is 306 g/mol. The normalized spacial score (nSPS) is 13.2. The lowest BCUT2D eigenvalue weighted by Gasteiger charge is -2.33. The van der Waals surface area contributed by atoms with Gasteiger partial charge >= 0.3 is 7.32 Å². The molecule has 124 valence electrons. The second kappa shape index (κ2) is 5.90. The van der Waals surface area contributed by atoms with E-state index in [2.05, 4.69) is 74.4 Å². The van der Waals surface area contributed by atoms with E-state index in [0.29, 0.717) is 5.75 Å². The molecule has 0 radical (unpaired) electrons. The van der Waals surface area contributed by atoms with Crippen molar-refractivity contribution in [3.8, 4) is 5.75 Å². The topological polar surface area (TPSA) is 49.7 Å². The number of rotatable bonds is 2. The second-order valence-corrected chi connectivity index (χ2v) is 9.09. The summed E-state index contributed by atoms with van der Waals surface area (Å²) >= 11 is 0. The minimum atomic E-state index is -1.82. The number of benzene rings is 1. The quantitative estimate of drug-likeness (QED) is 0.814. The molecular formula is C18H31BO3. The van der Waals surface area contributed by atoms with Gasteiger partial charge in [0.25, 0.3) is 0 Å². The summed E-state index contributed by atoms with van der Waals surface area (Å²) in [6.07, 6.45) is 0. The van der Waals surface area contributed by atoms with Crippen LogP contribution in [0.2, 0.25) is 0 Å². The smallest absolute Gasteiger partial charge is 0.512 e. The van der Waals surface area contributed by atoms with Crippen molar-refractivity contribution in [2.75, 3.05) is 0 Å². The molecule has 3 nitrogen and oxygen atoms in total. The number of hydrogen-bond acceptors (Lipinski definition) is 3. The van der Waals surface area contributed by atoms with E-state index < -0.39 is 7.32 Å². The third-order valence-electron chi connectivity index (χ3n) is 3.79. The molecule has 2 N–H and O–H groups in total. The zero-order valence-corrected chi connectivity index (χ0v) is 15.5. The zero-order chi connectivity index (χ0) is 17.5. The van der Waals surface area contributed by atoms with Gasteiger partial charge in [-0.3, -0.25) is 0 Å². The van der Waals surface area contributed by atoms with Crippen molar-refractivity contribution in [3.05, 3.63) is 28.8 Å². The lowest BCUT2D eigenvalue weighted by molar-refractivity contribution is 0.281. The Bertz CT molecular complexity index is 494. The molecule has 1 aromatic rings. The van der Waals surface area contributed by atoms with Gasteiger partial charge in [0.2, 0.25) is 0 Å². The van der Waals surface area contributed by atoms with Gasteiger partial charge < -0.3 is 14.7 Å². The van der Waals surface area contributed by atoms with Crippen molar-refractivity contribution in [2.45, 2.75) is 78.6 Å². The van der Waals surface area contributed by atoms with Crippen molar-refractivity contribution in [2.24, 2.45) is 0 Å². The molecule has 0 spiro atoms. The van der Waals surface area contributed by atoms with Crippen molar-refractivity contribution in [1.29, 1.82) is 0 Å². The molecule has 0 saturated heterocycles. The maximum Gasteiger partial charge on any atom is 0.707 e. The SMILES string of the molecule is CC(C)(C)c1cc(C(C)(C)C)c(OB(O)O)c(C(C)(C)C)c1. The molecule has 0 atom stereocenters. The van der Waals surface area contributed by atoms with Crippen LogP contribution >= 0.6 is 0 Å². The van der Waals surface area contributed by atoms with E-state index in [4.69, 9.17) is 4.65 Å². The average Bonchev–Trinajstić information content (AvgIpc) is 2.23. The van der Waals surface area contributed by atoms with Gasteiger partial charge in [0, 0.05) is 0 Å². The fourth-order valence-corrected chi connectivity index (χ4v) is 2.41. The largest absolute Gasteiger partial charge is 0.707 e. The fourth-order valence-electron chi connectivity index (χ4n) is 2.41. The molecule has 0 amide bonds. The molecule has 0 aliphatic carbocycles. The molecule has 4 heteroatoms. The minimum Gasteiger partial charge on any atom is -0.512 e. The highest BCUT2D eigenvalue weighted by atomic mass is 16.6. The molecule has 0 saturated carbocycles. The van der Waals surface area contributed by atoms with Gasteiger partial charge in [0.15, 0.2) is 0 Å². The Kier molecular flexibility index (Phi) is 5.11. The first-order chi connectivity index (χ1) is 9.64. The van der Waals surface area contributed by atoms with Gasteiger partial charge in [0.05, 0.1) is 0 Å². The van der Waals surface area contributed by atoms with Crippen LogP contribution in [0, 0.1) is 0 Å². The summed E-state index contributed by atoms with van der Waals surface area (Å²) in [5, 5.41) is 18.7. The number of hydrogen-bond donors (Lipinski definition) is 2. The highest BCUT2D eigenvalue weighted by Crippen LogP contribution is 2.42. The Morgan fingerprint density at radius 2 is 1.09 bits per heavy atom. The molecule has 1 rings (SSSR count). The predicted octanol–water partition coefficient (Wildman–Crippen LogP) is 3.93. The maximum atomic E-state index is 9.35. The zero-order valence-electron chi connectivity index (χ0n) is 15.5. The van der Waals surface area contributed by atoms with Crippen LogP contribution in [0.4, 0.5) is 0 Å². The first kappa shape index (κ1) is 19.1. The summed E-state index contributed by atoms with van der Waals surface area (Å²) in [5.41, 5.74) is 2.91. The van der Waals surface area contributed by atoms with E-state index in [9.17, 15) is 10.0 Å². The lowest BCUT2D eigenvalue weighted by Crippen LogP contribution is -2.28. The van der Waals surface area contributed by atoms with Crippen LogP contribution in [0.25, 0.3) is 0 Å². The Morgan fingerprint density at radius 3 is 1.32 bits per heavy atom. The van der Waals surface area contributed by atoms with E-state index in [0.717, 1.165) is 11.1 Å². The molecular weight excluding hydrogens is 275 g/mol. The second-order valence-electron chi connectivity index (χ2n) is 9.09. The molecule has 0 bridgehead atoms. The van der Waals surface area contributed by atoms with E-state index in [-0.39, 0.29) is 16.2 Å². The molecule has 22 heavy (non-hydrogen) atoms. The molecule has 0 aliphatic rings. The maximum absolute atomic E-state index is 9.35. The molecule has 1 aromatic carbocycles. The lowest BCUT2D eigenvalue weighted by atomic mass is 9.74. The molecule has 0 fully saturated rings. The van der Waals surface area contributed by atoms with E-state index in [1.54, 1.807) is 0 Å². The van der Waals surface area contributed by atoms with Crippen molar-refractivity contribution >= 4 is 7.32 Å². The molecule has 0 aromatic heterocycles. The monoisotopic (exact) mass is 306 g/mol. The Hall–Kier alpha value is -0.995. The third kappa shape index (κ3) is 4.50.